The number of anilines is 3. The van der Waals surface area contributed by atoms with Gasteiger partial charge in [0.1, 0.15) is 0 Å². The van der Waals surface area contributed by atoms with Crippen molar-refractivity contribution in [2.45, 2.75) is 31.6 Å². The Labute approximate surface area is 284 Å². The van der Waals surface area contributed by atoms with Crippen molar-refractivity contribution >= 4 is 17.1 Å². The first-order valence-electron chi connectivity index (χ1n) is 17.2. The third-order valence-corrected chi connectivity index (χ3v) is 9.88. The van der Waals surface area contributed by atoms with Gasteiger partial charge in [0.2, 0.25) is 0 Å². The molecule has 0 aromatic heterocycles. The molecule has 1 aliphatic rings. The molecule has 1 aliphatic carbocycles. The largest absolute Gasteiger partial charge is 0.311 e. The Hall–Kier alpha value is -5.66. The molecule has 0 bridgehead atoms. The van der Waals surface area contributed by atoms with Crippen molar-refractivity contribution in [2.75, 3.05) is 4.90 Å². The van der Waals surface area contributed by atoms with Crippen LogP contribution in [0.5, 0.6) is 0 Å². The fourth-order valence-corrected chi connectivity index (χ4v) is 7.18. The molecule has 7 aromatic carbocycles. The zero-order valence-corrected chi connectivity index (χ0v) is 27.2. The Morgan fingerprint density at radius 1 is 0.292 bits per heavy atom. The van der Waals surface area contributed by atoms with E-state index in [0.29, 0.717) is 5.92 Å². The topological polar surface area (TPSA) is 3.24 Å². The minimum Gasteiger partial charge on any atom is -0.311 e. The van der Waals surface area contributed by atoms with Gasteiger partial charge >= 0.3 is 0 Å². The van der Waals surface area contributed by atoms with E-state index in [1.54, 1.807) is 0 Å². The molecule has 0 saturated heterocycles. The molecular weight excluding hydrogens is 579 g/mol. The van der Waals surface area contributed by atoms with Gasteiger partial charge in [0.05, 0.1) is 0 Å². The molecule has 1 fully saturated rings. The molecule has 0 N–H and O–H groups in total. The molecule has 0 heterocycles. The summed E-state index contributed by atoms with van der Waals surface area (Å²) in [7, 11) is 0. The maximum absolute atomic E-state index is 2.38. The van der Waals surface area contributed by atoms with E-state index in [0.717, 1.165) is 11.4 Å². The Bertz CT molecular complexity index is 1930. The first-order chi connectivity index (χ1) is 23.8. The van der Waals surface area contributed by atoms with Gasteiger partial charge in [0, 0.05) is 17.1 Å². The lowest BCUT2D eigenvalue weighted by Gasteiger charge is -2.26. The zero-order valence-electron chi connectivity index (χ0n) is 27.2. The standard InChI is InChI=1S/C47H39N/c1-3-9-35(10-4-1)38-15-19-40(20-16-38)43-25-31-46(32-26-43)48(45-29-23-42(24-30-45)37-13-7-8-14-37)47-33-27-44(28-34-47)41-21-17-39(18-22-41)36-11-5-2-6-12-36/h1-6,9-12,15-34,37H,7-8,13-14H2. The Morgan fingerprint density at radius 3 is 0.896 bits per heavy atom. The lowest BCUT2D eigenvalue weighted by Crippen LogP contribution is -2.10. The smallest absolute Gasteiger partial charge is 0.0462 e. The highest BCUT2D eigenvalue weighted by Crippen LogP contribution is 2.39. The molecule has 7 aromatic rings. The first kappa shape index (κ1) is 29.7. The lowest BCUT2D eigenvalue weighted by molar-refractivity contribution is 0.723. The van der Waals surface area contributed by atoms with Gasteiger partial charge in [-0.25, -0.2) is 0 Å². The van der Waals surface area contributed by atoms with E-state index in [9.17, 15) is 0 Å². The Kier molecular flexibility index (Phi) is 8.42. The molecule has 0 aliphatic heterocycles. The van der Waals surface area contributed by atoms with Gasteiger partial charge in [-0.1, -0.05) is 158 Å². The molecule has 48 heavy (non-hydrogen) atoms. The fraction of sp³-hybridized carbons (Fsp3) is 0.106. The molecule has 232 valence electrons. The maximum Gasteiger partial charge on any atom is 0.0462 e. The van der Waals surface area contributed by atoms with E-state index < -0.39 is 0 Å². The minimum absolute atomic E-state index is 0.702. The van der Waals surface area contributed by atoms with Crippen molar-refractivity contribution in [1.82, 2.24) is 0 Å². The number of benzene rings is 7. The summed E-state index contributed by atoms with van der Waals surface area (Å²) in [5.74, 6) is 0.702. The van der Waals surface area contributed by atoms with Crippen molar-refractivity contribution < 1.29 is 0 Å². The van der Waals surface area contributed by atoms with Crippen LogP contribution in [-0.4, -0.2) is 0 Å². The summed E-state index contributed by atoms with van der Waals surface area (Å²) in [6.07, 6.45) is 5.32. The average molecular weight is 618 g/mol. The quantitative estimate of drug-likeness (QED) is 0.164. The molecule has 0 amide bonds. The summed E-state index contributed by atoms with van der Waals surface area (Å²) in [5, 5.41) is 0. The summed E-state index contributed by atoms with van der Waals surface area (Å²) in [5.41, 5.74) is 14.8. The van der Waals surface area contributed by atoms with Crippen LogP contribution < -0.4 is 4.90 Å². The van der Waals surface area contributed by atoms with Crippen molar-refractivity contribution in [3.05, 3.63) is 188 Å². The van der Waals surface area contributed by atoms with Gasteiger partial charge in [-0.05, 0) is 105 Å². The molecule has 0 radical (unpaired) electrons. The van der Waals surface area contributed by atoms with E-state index in [1.807, 2.05) is 0 Å². The van der Waals surface area contributed by atoms with Gasteiger partial charge in [-0.2, -0.15) is 0 Å². The van der Waals surface area contributed by atoms with Crippen molar-refractivity contribution in [2.24, 2.45) is 0 Å². The summed E-state index contributed by atoms with van der Waals surface area (Å²) < 4.78 is 0. The van der Waals surface area contributed by atoms with E-state index in [1.165, 1.54) is 81.4 Å². The third-order valence-electron chi connectivity index (χ3n) is 9.88. The normalized spacial score (nSPS) is 13.0. The summed E-state index contributed by atoms with van der Waals surface area (Å²) in [6, 6.07) is 66.2. The fourth-order valence-electron chi connectivity index (χ4n) is 7.18. The van der Waals surface area contributed by atoms with Crippen LogP contribution in [-0.2, 0) is 0 Å². The highest BCUT2D eigenvalue weighted by atomic mass is 15.1. The third kappa shape index (κ3) is 6.33. The Morgan fingerprint density at radius 2 is 0.562 bits per heavy atom. The SMILES string of the molecule is c1ccc(-c2ccc(-c3ccc(N(c4ccc(-c5ccc(-c6ccccc6)cc5)cc4)c4ccc(C5CCCC5)cc4)cc3)cc2)cc1. The number of rotatable bonds is 8. The molecule has 1 heteroatoms. The van der Waals surface area contributed by atoms with E-state index in [-0.39, 0.29) is 0 Å². The van der Waals surface area contributed by atoms with Crippen LogP contribution >= 0.6 is 0 Å². The van der Waals surface area contributed by atoms with E-state index in [2.05, 4.69) is 187 Å². The second-order valence-electron chi connectivity index (χ2n) is 12.9. The van der Waals surface area contributed by atoms with Gasteiger partial charge in [-0.15, -0.1) is 0 Å². The van der Waals surface area contributed by atoms with Crippen LogP contribution in [0.1, 0.15) is 37.2 Å². The predicted octanol–water partition coefficient (Wildman–Crippen LogP) is 13.5. The highest BCUT2D eigenvalue weighted by molar-refractivity contribution is 5.80. The van der Waals surface area contributed by atoms with Crippen molar-refractivity contribution in [3.8, 4) is 44.5 Å². The lowest BCUT2D eigenvalue weighted by atomic mass is 9.97. The molecule has 1 saturated carbocycles. The van der Waals surface area contributed by atoms with Crippen LogP contribution in [0.3, 0.4) is 0 Å². The number of hydrogen-bond donors (Lipinski definition) is 0. The Balaban J connectivity index is 1.09. The molecule has 0 atom stereocenters. The second-order valence-corrected chi connectivity index (χ2v) is 12.9. The summed E-state index contributed by atoms with van der Waals surface area (Å²) >= 11 is 0. The second kappa shape index (κ2) is 13.6. The number of nitrogens with zero attached hydrogens (tertiary/aromatic N) is 1. The van der Waals surface area contributed by atoms with Crippen molar-refractivity contribution in [1.29, 1.82) is 0 Å². The monoisotopic (exact) mass is 617 g/mol. The van der Waals surface area contributed by atoms with Gasteiger partial charge in [0.15, 0.2) is 0 Å². The van der Waals surface area contributed by atoms with Crippen LogP contribution in [0, 0.1) is 0 Å². The summed E-state index contributed by atoms with van der Waals surface area (Å²) in [6.45, 7) is 0. The van der Waals surface area contributed by atoms with Crippen LogP contribution in [0.25, 0.3) is 44.5 Å². The zero-order chi connectivity index (χ0) is 32.1. The molecular formula is C47H39N. The van der Waals surface area contributed by atoms with Gasteiger partial charge in [0.25, 0.3) is 0 Å². The van der Waals surface area contributed by atoms with E-state index >= 15 is 0 Å². The van der Waals surface area contributed by atoms with Crippen LogP contribution in [0.4, 0.5) is 17.1 Å². The molecule has 0 unspecified atom stereocenters. The molecule has 1 nitrogen and oxygen atoms in total. The van der Waals surface area contributed by atoms with Crippen LogP contribution in [0.2, 0.25) is 0 Å². The highest BCUT2D eigenvalue weighted by Gasteiger charge is 2.18. The maximum atomic E-state index is 2.38. The van der Waals surface area contributed by atoms with Gasteiger partial charge in [-0.3, -0.25) is 0 Å². The van der Waals surface area contributed by atoms with Crippen molar-refractivity contribution in [3.63, 3.8) is 0 Å². The first-order valence-corrected chi connectivity index (χ1v) is 17.2. The predicted molar refractivity (Wildman–Crippen MR) is 204 cm³/mol. The van der Waals surface area contributed by atoms with E-state index in [4.69, 9.17) is 0 Å². The summed E-state index contributed by atoms with van der Waals surface area (Å²) in [4.78, 5) is 2.38. The number of hydrogen-bond acceptors (Lipinski definition) is 1. The average Bonchev–Trinajstić information content (AvgIpc) is 3.72. The van der Waals surface area contributed by atoms with Gasteiger partial charge < -0.3 is 4.90 Å². The molecule has 0 spiro atoms. The van der Waals surface area contributed by atoms with Crippen LogP contribution in [0.15, 0.2) is 182 Å². The molecule has 8 rings (SSSR count). The minimum atomic E-state index is 0.702.